The fourth-order valence-corrected chi connectivity index (χ4v) is 3.56. The Bertz CT molecular complexity index is 950. The molecule has 2 aromatic carbocycles. The van der Waals surface area contributed by atoms with Crippen LogP contribution in [0.1, 0.15) is 31.4 Å². The quantitative estimate of drug-likeness (QED) is 0.436. The molecule has 0 aliphatic heterocycles. The molecule has 0 saturated heterocycles. The van der Waals surface area contributed by atoms with Crippen molar-refractivity contribution in [3.63, 3.8) is 0 Å². The van der Waals surface area contributed by atoms with Gasteiger partial charge in [-0.1, -0.05) is 41.8 Å². The predicted molar refractivity (Wildman–Crippen MR) is 117 cm³/mol. The van der Waals surface area contributed by atoms with Gasteiger partial charge in [-0.25, -0.2) is 4.68 Å². The zero-order chi connectivity index (χ0) is 20.6. The molecule has 3 rings (SSSR count). The molecule has 1 aromatic heterocycles. The highest BCUT2D eigenvalue weighted by molar-refractivity contribution is 9.10. The number of hydrogen-bond donors (Lipinski definition) is 1. The van der Waals surface area contributed by atoms with Crippen molar-refractivity contribution in [1.29, 1.82) is 0 Å². The Labute approximate surface area is 183 Å². The first-order chi connectivity index (χ1) is 14.1. The summed E-state index contributed by atoms with van der Waals surface area (Å²) in [7, 11) is 0. The van der Waals surface area contributed by atoms with Crippen LogP contribution in [0.2, 0.25) is 5.02 Å². The molecule has 0 aliphatic rings. The molecule has 1 N–H and O–H groups in total. The Morgan fingerprint density at radius 2 is 2.00 bits per heavy atom. The van der Waals surface area contributed by atoms with E-state index in [9.17, 15) is 0 Å². The third-order valence-corrected chi connectivity index (χ3v) is 5.07. The maximum absolute atomic E-state index is 6.23. The Morgan fingerprint density at radius 3 is 2.76 bits per heavy atom. The topological polar surface area (TPSA) is 74.1 Å². The van der Waals surface area contributed by atoms with Crippen molar-refractivity contribution in [1.82, 2.24) is 20.2 Å². The van der Waals surface area contributed by atoms with E-state index >= 15 is 0 Å². The van der Waals surface area contributed by atoms with Gasteiger partial charge in [-0.15, -0.1) is 0 Å². The van der Waals surface area contributed by atoms with E-state index in [4.69, 9.17) is 21.1 Å². The van der Waals surface area contributed by atoms with Crippen LogP contribution in [0.15, 0.2) is 40.9 Å². The highest BCUT2D eigenvalue weighted by Gasteiger charge is 2.14. The molecule has 9 heteroatoms. The molecule has 154 valence electrons. The zero-order valence-electron chi connectivity index (χ0n) is 16.4. The molecule has 0 aliphatic carbocycles. The van der Waals surface area contributed by atoms with E-state index in [1.54, 1.807) is 4.68 Å². The van der Waals surface area contributed by atoms with Crippen molar-refractivity contribution in [2.45, 2.75) is 40.0 Å². The largest absolute Gasteiger partial charge is 0.490 e. The lowest BCUT2D eigenvalue weighted by atomic mass is 10.2. The van der Waals surface area contributed by atoms with E-state index < -0.39 is 0 Å². The minimum atomic E-state index is 0.349. The number of aromatic nitrogens is 4. The third kappa shape index (κ3) is 5.61. The number of ether oxygens (including phenoxy) is 2. The summed E-state index contributed by atoms with van der Waals surface area (Å²) in [6.45, 7) is 6.21. The van der Waals surface area contributed by atoms with Gasteiger partial charge in [0, 0.05) is 23.7 Å². The number of aryl methyl sites for hydroxylation is 1. The smallest absolute Gasteiger partial charge is 0.243 e. The number of nitrogens with one attached hydrogen (secondary N) is 1. The summed E-state index contributed by atoms with van der Waals surface area (Å²) in [5, 5.41) is 15.7. The van der Waals surface area contributed by atoms with E-state index in [2.05, 4.69) is 43.7 Å². The van der Waals surface area contributed by atoms with Gasteiger partial charge in [-0.05, 0) is 63.5 Å². The summed E-state index contributed by atoms with van der Waals surface area (Å²) < 4.78 is 14.4. The van der Waals surface area contributed by atoms with Crippen LogP contribution in [0.5, 0.6) is 11.5 Å². The lowest BCUT2D eigenvalue weighted by Crippen LogP contribution is -2.09. The summed E-state index contributed by atoms with van der Waals surface area (Å²) >= 11 is 9.84. The summed E-state index contributed by atoms with van der Waals surface area (Å²) in [4.78, 5) is 0. The predicted octanol–water partition coefficient (Wildman–Crippen LogP) is 5.09. The second-order valence-corrected chi connectivity index (χ2v) is 7.56. The fraction of sp³-hybridized carbons (Fsp3) is 0.350. The molecule has 1 heterocycles. The number of halogens is 2. The van der Waals surface area contributed by atoms with Crippen LogP contribution in [0.4, 0.5) is 5.95 Å². The minimum absolute atomic E-state index is 0.349. The van der Waals surface area contributed by atoms with Crippen LogP contribution in [0.3, 0.4) is 0 Å². The minimum Gasteiger partial charge on any atom is -0.490 e. The van der Waals surface area contributed by atoms with Gasteiger partial charge in [0.25, 0.3) is 0 Å². The Balaban J connectivity index is 1.75. The number of benzene rings is 2. The Kier molecular flexibility index (Phi) is 7.71. The number of anilines is 1. The molecule has 3 aromatic rings. The number of tetrazole rings is 1. The maximum atomic E-state index is 6.23. The molecule has 0 atom stereocenters. The molecule has 0 bridgehead atoms. The third-order valence-electron chi connectivity index (χ3n) is 4.12. The highest BCUT2D eigenvalue weighted by Crippen LogP contribution is 2.38. The van der Waals surface area contributed by atoms with Crippen molar-refractivity contribution in [2.75, 3.05) is 11.9 Å². The van der Waals surface area contributed by atoms with E-state index in [0.717, 1.165) is 28.6 Å². The van der Waals surface area contributed by atoms with Crippen molar-refractivity contribution >= 4 is 33.5 Å². The van der Waals surface area contributed by atoms with Gasteiger partial charge in [-0.3, -0.25) is 0 Å². The second kappa shape index (κ2) is 10.5. The molecule has 0 unspecified atom stereocenters. The number of hydrogen-bond acceptors (Lipinski definition) is 6. The Hall–Kier alpha value is -2.32. The molecule has 7 nitrogen and oxygen atoms in total. The van der Waals surface area contributed by atoms with Crippen LogP contribution in [-0.2, 0) is 19.7 Å². The standard InChI is InChI=1S/C20H23BrClN5O2/c1-3-9-27-20(24-25-26-27)23-12-14-10-16(21)19(18(11-14)28-4-2)29-13-15-7-5-6-8-17(15)22/h5-8,10-11H,3-4,9,12-13H2,1-2H3,(H,23,24,26). The summed E-state index contributed by atoms with van der Waals surface area (Å²) in [6, 6.07) is 11.6. The van der Waals surface area contributed by atoms with E-state index in [0.29, 0.717) is 42.2 Å². The van der Waals surface area contributed by atoms with Crippen LogP contribution < -0.4 is 14.8 Å². The maximum Gasteiger partial charge on any atom is 0.243 e. The van der Waals surface area contributed by atoms with Crippen LogP contribution >= 0.6 is 27.5 Å². The van der Waals surface area contributed by atoms with Crippen LogP contribution in [0, 0.1) is 0 Å². The first-order valence-corrected chi connectivity index (χ1v) is 10.6. The lowest BCUT2D eigenvalue weighted by molar-refractivity contribution is 0.267. The molecular weight excluding hydrogens is 458 g/mol. The molecule has 0 spiro atoms. The molecular formula is C20H23BrClN5O2. The van der Waals surface area contributed by atoms with Gasteiger partial charge in [-0.2, -0.15) is 0 Å². The monoisotopic (exact) mass is 479 g/mol. The summed E-state index contributed by atoms with van der Waals surface area (Å²) in [6.07, 6.45) is 0.956. The van der Waals surface area contributed by atoms with Gasteiger partial charge in [0.1, 0.15) is 6.61 Å². The zero-order valence-corrected chi connectivity index (χ0v) is 18.7. The summed E-state index contributed by atoms with van der Waals surface area (Å²) in [5.41, 5.74) is 1.92. The fourth-order valence-electron chi connectivity index (χ4n) is 2.77. The number of nitrogens with zero attached hydrogens (tertiary/aromatic N) is 4. The first kappa shape index (κ1) is 21.4. The summed E-state index contributed by atoms with van der Waals surface area (Å²) in [5.74, 6) is 1.95. The van der Waals surface area contributed by atoms with E-state index in [1.807, 2.05) is 43.3 Å². The van der Waals surface area contributed by atoms with Crippen molar-refractivity contribution in [3.05, 3.63) is 57.0 Å². The van der Waals surface area contributed by atoms with Gasteiger partial charge in [0.05, 0.1) is 11.1 Å². The van der Waals surface area contributed by atoms with Gasteiger partial charge < -0.3 is 14.8 Å². The molecule has 0 amide bonds. The molecule has 0 radical (unpaired) electrons. The molecule has 29 heavy (non-hydrogen) atoms. The van der Waals surface area contributed by atoms with E-state index in [-0.39, 0.29) is 0 Å². The van der Waals surface area contributed by atoms with Gasteiger partial charge >= 0.3 is 0 Å². The first-order valence-electron chi connectivity index (χ1n) is 9.43. The normalized spacial score (nSPS) is 10.8. The van der Waals surface area contributed by atoms with E-state index in [1.165, 1.54) is 0 Å². The van der Waals surface area contributed by atoms with Crippen LogP contribution in [0.25, 0.3) is 0 Å². The average Bonchev–Trinajstić information content (AvgIpc) is 3.15. The van der Waals surface area contributed by atoms with Gasteiger partial charge in [0.15, 0.2) is 11.5 Å². The Morgan fingerprint density at radius 1 is 1.17 bits per heavy atom. The lowest BCUT2D eigenvalue weighted by Gasteiger charge is -2.16. The average molecular weight is 481 g/mol. The second-order valence-electron chi connectivity index (χ2n) is 6.30. The molecule has 0 fully saturated rings. The van der Waals surface area contributed by atoms with Crippen molar-refractivity contribution < 1.29 is 9.47 Å². The number of rotatable bonds is 10. The SMILES string of the molecule is CCCn1nnnc1NCc1cc(Br)c(OCc2ccccc2Cl)c(OCC)c1. The molecule has 0 saturated carbocycles. The van der Waals surface area contributed by atoms with Crippen LogP contribution in [-0.4, -0.2) is 26.8 Å². The van der Waals surface area contributed by atoms with Gasteiger partial charge in [0.2, 0.25) is 5.95 Å². The highest BCUT2D eigenvalue weighted by atomic mass is 79.9. The van der Waals surface area contributed by atoms with Crippen molar-refractivity contribution in [3.8, 4) is 11.5 Å². The van der Waals surface area contributed by atoms with Crippen molar-refractivity contribution in [2.24, 2.45) is 0 Å².